The SMILES string of the molecule is COCCCOC(CNC1CC1)c1ccc(OC)cc1. The summed E-state index contributed by atoms with van der Waals surface area (Å²) in [6.07, 6.45) is 3.60. The summed E-state index contributed by atoms with van der Waals surface area (Å²) >= 11 is 0. The van der Waals surface area contributed by atoms with Crippen LogP contribution in [0, 0.1) is 0 Å². The lowest BCUT2D eigenvalue weighted by Crippen LogP contribution is -2.25. The van der Waals surface area contributed by atoms with Crippen molar-refractivity contribution in [2.24, 2.45) is 0 Å². The summed E-state index contributed by atoms with van der Waals surface area (Å²) in [5.74, 6) is 0.877. The van der Waals surface area contributed by atoms with Gasteiger partial charge in [-0.05, 0) is 37.0 Å². The maximum absolute atomic E-state index is 6.00. The second-order valence-electron chi connectivity index (χ2n) is 5.16. The van der Waals surface area contributed by atoms with Crippen LogP contribution in [0.3, 0.4) is 0 Å². The predicted octanol–water partition coefficient (Wildman–Crippen LogP) is 2.54. The molecule has 1 aliphatic carbocycles. The van der Waals surface area contributed by atoms with Crippen molar-refractivity contribution in [3.63, 3.8) is 0 Å². The first kappa shape index (κ1) is 15.3. The Morgan fingerprint density at radius 2 is 1.90 bits per heavy atom. The van der Waals surface area contributed by atoms with Crippen molar-refractivity contribution in [1.29, 1.82) is 0 Å². The Morgan fingerprint density at radius 1 is 1.15 bits per heavy atom. The van der Waals surface area contributed by atoms with Crippen molar-refractivity contribution < 1.29 is 14.2 Å². The van der Waals surface area contributed by atoms with Gasteiger partial charge < -0.3 is 19.5 Å². The molecule has 0 spiro atoms. The maximum Gasteiger partial charge on any atom is 0.118 e. The van der Waals surface area contributed by atoms with Gasteiger partial charge in [0.05, 0.1) is 13.2 Å². The van der Waals surface area contributed by atoms with Crippen LogP contribution in [0.1, 0.15) is 30.9 Å². The fourth-order valence-electron chi connectivity index (χ4n) is 2.08. The van der Waals surface area contributed by atoms with Crippen LogP contribution < -0.4 is 10.1 Å². The minimum absolute atomic E-state index is 0.0957. The topological polar surface area (TPSA) is 39.7 Å². The molecular weight excluding hydrogens is 254 g/mol. The van der Waals surface area contributed by atoms with E-state index in [1.807, 2.05) is 12.1 Å². The van der Waals surface area contributed by atoms with Crippen molar-refractivity contribution in [2.45, 2.75) is 31.4 Å². The number of ether oxygens (including phenoxy) is 3. The number of nitrogens with one attached hydrogen (secondary N) is 1. The van der Waals surface area contributed by atoms with Crippen LogP contribution in [0.2, 0.25) is 0 Å². The molecule has 1 saturated carbocycles. The van der Waals surface area contributed by atoms with Gasteiger partial charge >= 0.3 is 0 Å². The number of hydrogen-bond acceptors (Lipinski definition) is 4. The Morgan fingerprint density at radius 3 is 2.50 bits per heavy atom. The van der Waals surface area contributed by atoms with E-state index >= 15 is 0 Å². The highest BCUT2D eigenvalue weighted by Crippen LogP contribution is 2.23. The van der Waals surface area contributed by atoms with E-state index in [4.69, 9.17) is 14.2 Å². The largest absolute Gasteiger partial charge is 0.497 e. The molecule has 0 heterocycles. The van der Waals surface area contributed by atoms with Gasteiger partial charge in [0.2, 0.25) is 0 Å². The first-order chi connectivity index (χ1) is 9.83. The van der Waals surface area contributed by atoms with E-state index in [9.17, 15) is 0 Å². The summed E-state index contributed by atoms with van der Waals surface area (Å²) < 4.78 is 16.3. The predicted molar refractivity (Wildman–Crippen MR) is 79.2 cm³/mol. The van der Waals surface area contributed by atoms with E-state index in [1.54, 1.807) is 14.2 Å². The molecule has 0 aromatic heterocycles. The molecule has 20 heavy (non-hydrogen) atoms. The van der Waals surface area contributed by atoms with E-state index in [0.717, 1.165) is 31.9 Å². The average Bonchev–Trinajstić information content (AvgIpc) is 3.31. The Balaban J connectivity index is 1.87. The molecule has 2 rings (SSSR count). The molecule has 4 nitrogen and oxygen atoms in total. The van der Waals surface area contributed by atoms with E-state index in [0.29, 0.717) is 6.04 Å². The molecule has 112 valence electrons. The zero-order chi connectivity index (χ0) is 14.2. The number of methoxy groups -OCH3 is 2. The quantitative estimate of drug-likeness (QED) is 0.668. The molecule has 1 unspecified atom stereocenters. The monoisotopic (exact) mass is 279 g/mol. The third-order valence-corrected chi connectivity index (χ3v) is 3.47. The van der Waals surface area contributed by atoms with E-state index in [2.05, 4.69) is 17.4 Å². The second kappa shape index (κ2) is 8.25. The lowest BCUT2D eigenvalue weighted by atomic mass is 10.1. The van der Waals surface area contributed by atoms with Crippen LogP contribution in [0.5, 0.6) is 5.75 Å². The Labute approximate surface area is 121 Å². The summed E-state index contributed by atoms with van der Waals surface area (Å²) in [5, 5.41) is 3.54. The average molecular weight is 279 g/mol. The van der Waals surface area contributed by atoms with Gasteiger partial charge in [-0.15, -0.1) is 0 Å². The summed E-state index contributed by atoms with van der Waals surface area (Å²) in [7, 11) is 3.40. The van der Waals surface area contributed by atoms with Crippen LogP contribution in [0.25, 0.3) is 0 Å². The van der Waals surface area contributed by atoms with Crippen molar-refractivity contribution in [3.8, 4) is 5.75 Å². The molecule has 1 fully saturated rings. The fourth-order valence-corrected chi connectivity index (χ4v) is 2.08. The van der Waals surface area contributed by atoms with Gasteiger partial charge in [-0.25, -0.2) is 0 Å². The summed E-state index contributed by atoms with van der Waals surface area (Å²) in [6, 6.07) is 8.82. The van der Waals surface area contributed by atoms with E-state index < -0.39 is 0 Å². The molecule has 1 atom stereocenters. The molecule has 1 aliphatic rings. The third kappa shape index (κ3) is 5.12. The van der Waals surface area contributed by atoms with Crippen LogP contribution in [0.4, 0.5) is 0 Å². The molecule has 0 saturated heterocycles. The third-order valence-electron chi connectivity index (χ3n) is 3.47. The van der Waals surface area contributed by atoms with Gasteiger partial charge in [0, 0.05) is 32.9 Å². The van der Waals surface area contributed by atoms with Crippen LogP contribution in [-0.2, 0) is 9.47 Å². The maximum atomic E-state index is 6.00. The molecule has 1 N–H and O–H groups in total. The standard InChI is InChI=1S/C16H25NO3/c1-18-10-3-11-20-16(12-17-14-6-7-14)13-4-8-15(19-2)9-5-13/h4-5,8-9,14,16-17H,3,6-7,10-12H2,1-2H3. The van der Waals surface area contributed by atoms with Crippen molar-refractivity contribution in [2.75, 3.05) is 34.0 Å². The fraction of sp³-hybridized carbons (Fsp3) is 0.625. The Bertz CT molecular complexity index is 376. The molecule has 0 aliphatic heterocycles. The lowest BCUT2D eigenvalue weighted by molar-refractivity contribution is 0.0386. The van der Waals surface area contributed by atoms with Crippen LogP contribution in [-0.4, -0.2) is 40.0 Å². The smallest absolute Gasteiger partial charge is 0.118 e. The first-order valence-corrected chi connectivity index (χ1v) is 7.31. The molecular formula is C16H25NO3. The first-order valence-electron chi connectivity index (χ1n) is 7.31. The zero-order valence-electron chi connectivity index (χ0n) is 12.4. The lowest BCUT2D eigenvalue weighted by Gasteiger charge is -2.19. The minimum Gasteiger partial charge on any atom is -0.497 e. The second-order valence-corrected chi connectivity index (χ2v) is 5.16. The normalized spacial score (nSPS) is 16.1. The Hall–Kier alpha value is -1.10. The van der Waals surface area contributed by atoms with Gasteiger partial charge in [0.25, 0.3) is 0 Å². The minimum atomic E-state index is 0.0957. The molecule has 1 aromatic rings. The number of hydrogen-bond donors (Lipinski definition) is 1. The van der Waals surface area contributed by atoms with Crippen molar-refractivity contribution >= 4 is 0 Å². The van der Waals surface area contributed by atoms with E-state index in [1.165, 1.54) is 18.4 Å². The highest BCUT2D eigenvalue weighted by Gasteiger charge is 2.22. The van der Waals surface area contributed by atoms with Gasteiger partial charge in [-0.1, -0.05) is 12.1 Å². The molecule has 0 bridgehead atoms. The zero-order valence-corrected chi connectivity index (χ0v) is 12.4. The van der Waals surface area contributed by atoms with Gasteiger partial charge in [0.15, 0.2) is 0 Å². The highest BCUT2D eigenvalue weighted by molar-refractivity contribution is 5.28. The summed E-state index contributed by atoms with van der Waals surface area (Å²) in [4.78, 5) is 0. The number of benzene rings is 1. The summed E-state index contributed by atoms with van der Waals surface area (Å²) in [6.45, 7) is 2.33. The molecule has 0 amide bonds. The Kier molecular flexibility index (Phi) is 6.30. The molecule has 1 aromatic carbocycles. The van der Waals surface area contributed by atoms with Gasteiger partial charge in [0.1, 0.15) is 5.75 Å². The van der Waals surface area contributed by atoms with E-state index in [-0.39, 0.29) is 6.10 Å². The number of rotatable bonds is 10. The van der Waals surface area contributed by atoms with Crippen LogP contribution in [0.15, 0.2) is 24.3 Å². The molecule has 4 heteroatoms. The molecule has 0 radical (unpaired) electrons. The summed E-state index contributed by atoms with van der Waals surface area (Å²) in [5.41, 5.74) is 1.19. The van der Waals surface area contributed by atoms with Crippen LogP contribution >= 0.6 is 0 Å². The van der Waals surface area contributed by atoms with Gasteiger partial charge in [-0.2, -0.15) is 0 Å². The highest BCUT2D eigenvalue weighted by atomic mass is 16.5. The van der Waals surface area contributed by atoms with Crippen molar-refractivity contribution in [3.05, 3.63) is 29.8 Å². The van der Waals surface area contributed by atoms with Gasteiger partial charge in [-0.3, -0.25) is 0 Å². The van der Waals surface area contributed by atoms with Crippen molar-refractivity contribution in [1.82, 2.24) is 5.32 Å².